The van der Waals surface area contributed by atoms with Gasteiger partial charge in [0.05, 0.1) is 12.7 Å². The molecule has 1 saturated carbocycles. The lowest BCUT2D eigenvalue weighted by Crippen LogP contribution is -2.13. The molecule has 0 bridgehead atoms. The summed E-state index contributed by atoms with van der Waals surface area (Å²) in [6, 6.07) is 7.76. The highest BCUT2D eigenvalue weighted by Crippen LogP contribution is 2.39. The number of primary amides is 1. The Labute approximate surface area is 149 Å². The van der Waals surface area contributed by atoms with Crippen molar-refractivity contribution in [3.8, 4) is 0 Å². The first kappa shape index (κ1) is 17.5. The lowest BCUT2D eigenvalue weighted by molar-refractivity contribution is -0.118. The van der Waals surface area contributed by atoms with Gasteiger partial charge in [0, 0.05) is 24.6 Å². The number of nitrogens with two attached hydrogens (primary N) is 1. The molecular formula is C17H20N4O3S. The van der Waals surface area contributed by atoms with Gasteiger partial charge in [-0.15, -0.1) is 10.2 Å². The molecule has 132 valence electrons. The molecule has 1 aliphatic rings. The first-order valence-electron chi connectivity index (χ1n) is 8.10. The number of aromatic nitrogens is 3. The third-order valence-corrected chi connectivity index (χ3v) is 5.00. The van der Waals surface area contributed by atoms with Gasteiger partial charge in [0.25, 0.3) is 0 Å². The van der Waals surface area contributed by atoms with Crippen LogP contribution in [0.1, 0.15) is 47.1 Å². The number of benzene rings is 1. The van der Waals surface area contributed by atoms with Gasteiger partial charge in [-0.2, -0.15) is 0 Å². The average Bonchev–Trinajstić information content (AvgIpc) is 3.38. The molecule has 0 saturated heterocycles. The van der Waals surface area contributed by atoms with Crippen molar-refractivity contribution in [3.63, 3.8) is 0 Å². The summed E-state index contributed by atoms with van der Waals surface area (Å²) in [7, 11) is 1.37. The molecule has 2 N–H and O–H groups in total. The second kappa shape index (κ2) is 7.69. The Hall–Kier alpha value is -2.35. The van der Waals surface area contributed by atoms with Crippen molar-refractivity contribution in [1.29, 1.82) is 0 Å². The maximum atomic E-state index is 11.5. The maximum Gasteiger partial charge on any atom is 0.337 e. The Kier molecular flexibility index (Phi) is 5.37. The highest BCUT2D eigenvalue weighted by molar-refractivity contribution is 7.98. The largest absolute Gasteiger partial charge is 0.465 e. The maximum absolute atomic E-state index is 11.5. The summed E-state index contributed by atoms with van der Waals surface area (Å²) < 4.78 is 6.83. The predicted octanol–water partition coefficient (Wildman–Crippen LogP) is 2.11. The molecule has 1 aromatic carbocycles. The Morgan fingerprint density at radius 2 is 2.00 bits per heavy atom. The number of hydrogen-bond acceptors (Lipinski definition) is 6. The molecule has 0 unspecified atom stereocenters. The Morgan fingerprint density at radius 3 is 2.60 bits per heavy atom. The van der Waals surface area contributed by atoms with E-state index in [0.717, 1.165) is 35.1 Å². The molecule has 2 aromatic rings. The van der Waals surface area contributed by atoms with Gasteiger partial charge in [0.2, 0.25) is 5.91 Å². The van der Waals surface area contributed by atoms with Gasteiger partial charge in [-0.3, -0.25) is 4.79 Å². The zero-order valence-corrected chi connectivity index (χ0v) is 14.8. The van der Waals surface area contributed by atoms with E-state index in [1.807, 2.05) is 12.1 Å². The fraction of sp³-hybridized carbons (Fsp3) is 0.412. The lowest BCUT2D eigenvalue weighted by atomic mass is 10.1. The van der Waals surface area contributed by atoms with Crippen LogP contribution in [0.4, 0.5) is 0 Å². The zero-order chi connectivity index (χ0) is 17.8. The topological polar surface area (TPSA) is 100 Å². The van der Waals surface area contributed by atoms with Crippen LogP contribution >= 0.6 is 11.8 Å². The van der Waals surface area contributed by atoms with E-state index in [-0.39, 0.29) is 18.3 Å². The number of methoxy groups -OCH3 is 1. The third kappa shape index (κ3) is 4.39. The zero-order valence-electron chi connectivity index (χ0n) is 14.0. The summed E-state index contributed by atoms with van der Waals surface area (Å²) >= 11 is 1.60. The molecule has 8 heteroatoms. The molecule has 7 nitrogen and oxygen atoms in total. The molecule has 0 spiro atoms. The van der Waals surface area contributed by atoms with Crippen LogP contribution in [0, 0.1) is 0 Å². The minimum atomic E-state index is -0.341. The standard InChI is InChI=1S/C17H20N4O3S/c1-24-16(23)12-4-2-11(3-5-12)10-25-17-20-19-15(9-8-14(18)22)21(17)13-6-7-13/h2-5,13H,6-10H2,1H3,(H2,18,22). The summed E-state index contributed by atoms with van der Waals surface area (Å²) in [5.41, 5.74) is 6.85. The number of amides is 1. The molecule has 0 radical (unpaired) electrons. The smallest absolute Gasteiger partial charge is 0.337 e. The first-order valence-corrected chi connectivity index (χ1v) is 9.09. The van der Waals surface area contributed by atoms with E-state index in [1.165, 1.54) is 7.11 Å². The minimum Gasteiger partial charge on any atom is -0.465 e. The Balaban J connectivity index is 1.66. The van der Waals surface area contributed by atoms with E-state index in [9.17, 15) is 9.59 Å². The Morgan fingerprint density at radius 1 is 1.28 bits per heavy atom. The summed E-state index contributed by atoms with van der Waals surface area (Å²) in [5.74, 6) is 0.879. The monoisotopic (exact) mass is 360 g/mol. The van der Waals surface area contributed by atoms with Crippen LogP contribution in [-0.2, 0) is 21.7 Å². The van der Waals surface area contributed by atoms with Crippen LogP contribution in [0.25, 0.3) is 0 Å². The summed E-state index contributed by atoms with van der Waals surface area (Å²) in [5, 5.41) is 9.37. The number of carbonyl (C=O) groups is 2. The number of nitrogens with zero attached hydrogens (tertiary/aromatic N) is 3. The SMILES string of the molecule is COC(=O)c1ccc(CSc2nnc(CCC(N)=O)n2C2CC2)cc1. The van der Waals surface area contributed by atoms with Crippen LogP contribution in [-0.4, -0.2) is 33.8 Å². The molecular weight excluding hydrogens is 340 g/mol. The van der Waals surface area contributed by atoms with Gasteiger partial charge in [-0.1, -0.05) is 23.9 Å². The molecule has 1 fully saturated rings. The molecule has 25 heavy (non-hydrogen) atoms. The van der Waals surface area contributed by atoms with Crippen molar-refractivity contribution in [3.05, 3.63) is 41.2 Å². The van der Waals surface area contributed by atoms with E-state index in [1.54, 1.807) is 23.9 Å². The van der Waals surface area contributed by atoms with Crippen molar-refractivity contribution in [2.24, 2.45) is 5.73 Å². The number of rotatable bonds is 8. The van der Waals surface area contributed by atoms with Crippen LogP contribution in [0.2, 0.25) is 0 Å². The fourth-order valence-corrected chi connectivity index (χ4v) is 3.49. The highest BCUT2D eigenvalue weighted by Gasteiger charge is 2.29. The number of aryl methyl sites for hydroxylation is 1. The van der Waals surface area contributed by atoms with Crippen LogP contribution in [0.3, 0.4) is 0 Å². The number of hydrogen-bond donors (Lipinski definition) is 1. The highest BCUT2D eigenvalue weighted by atomic mass is 32.2. The van der Waals surface area contributed by atoms with E-state index in [0.29, 0.717) is 18.0 Å². The first-order chi connectivity index (χ1) is 12.1. The fourth-order valence-electron chi connectivity index (χ4n) is 2.51. The van der Waals surface area contributed by atoms with Crippen molar-refractivity contribution >= 4 is 23.6 Å². The van der Waals surface area contributed by atoms with Crippen molar-refractivity contribution in [2.75, 3.05) is 7.11 Å². The second-order valence-electron chi connectivity index (χ2n) is 5.94. The van der Waals surface area contributed by atoms with Crippen molar-refractivity contribution < 1.29 is 14.3 Å². The van der Waals surface area contributed by atoms with Gasteiger partial charge < -0.3 is 15.0 Å². The van der Waals surface area contributed by atoms with Gasteiger partial charge >= 0.3 is 5.97 Å². The van der Waals surface area contributed by atoms with Crippen LogP contribution in [0.5, 0.6) is 0 Å². The predicted molar refractivity (Wildman–Crippen MR) is 93.2 cm³/mol. The van der Waals surface area contributed by atoms with E-state index >= 15 is 0 Å². The number of carbonyl (C=O) groups excluding carboxylic acids is 2. The molecule has 1 aliphatic carbocycles. The number of ether oxygens (including phenoxy) is 1. The quantitative estimate of drug-likeness (QED) is 0.572. The number of esters is 1. The second-order valence-corrected chi connectivity index (χ2v) is 6.89. The normalized spacial score (nSPS) is 13.6. The van der Waals surface area contributed by atoms with Crippen LogP contribution < -0.4 is 5.73 Å². The number of thioether (sulfide) groups is 1. The summed E-state index contributed by atoms with van der Waals surface area (Å²) in [4.78, 5) is 22.5. The third-order valence-electron chi connectivity index (χ3n) is 3.99. The summed E-state index contributed by atoms with van der Waals surface area (Å²) in [6.07, 6.45) is 3.03. The van der Waals surface area contributed by atoms with E-state index in [4.69, 9.17) is 10.5 Å². The van der Waals surface area contributed by atoms with Crippen molar-refractivity contribution in [1.82, 2.24) is 14.8 Å². The van der Waals surface area contributed by atoms with E-state index < -0.39 is 0 Å². The minimum absolute atomic E-state index is 0.282. The average molecular weight is 360 g/mol. The molecule has 1 aromatic heterocycles. The van der Waals surface area contributed by atoms with Gasteiger partial charge in [0.15, 0.2) is 5.16 Å². The summed E-state index contributed by atoms with van der Waals surface area (Å²) in [6.45, 7) is 0. The Bertz CT molecular complexity index is 769. The van der Waals surface area contributed by atoms with Gasteiger partial charge in [-0.05, 0) is 30.5 Å². The van der Waals surface area contributed by atoms with E-state index in [2.05, 4.69) is 14.8 Å². The van der Waals surface area contributed by atoms with Crippen LogP contribution in [0.15, 0.2) is 29.4 Å². The molecule has 1 amide bonds. The molecule has 3 rings (SSSR count). The molecule has 0 aliphatic heterocycles. The van der Waals surface area contributed by atoms with Gasteiger partial charge in [0.1, 0.15) is 5.82 Å². The molecule has 0 atom stereocenters. The van der Waals surface area contributed by atoms with Gasteiger partial charge in [-0.25, -0.2) is 4.79 Å². The van der Waals surface area contributed by atoms with Crippen molar-refractivity contribution in [2.45, 2.75) is 42.6 Å². The lowest BCUT2D eigenvalue weighted by Gasteiger charge is -2.08. The molecule has 1 heterocycles.